The Morgan fingerprint density at radius 2 is 2.03 bits per heavy atom. The van der Waals surface area contributed by atoms with Crippen LogP contribution in [0.25, 0.3) is 22.4 Å². The van der Waals surface area contributed by atoms with Crippen molar-refractivity contribution in [3.8, 4) is 11.5 Å². The molecule has 0 spiro atoms. The molecule has 4 aromatic rings. The smallest absolute Gasteiger partial charge is 0.270 e. The van der Waals surface area contributed by atoms with E-state index in [2.05, 4.69) is 4.90 Å². The molecule has 1 unspecified atom stereocenters. The summed E-state index contributed by atoms with van der Waals surface area (Å²) in [5.41, 5.74) is 1.54. The molecule has 9 heteroatoms. The van der Waals surface area contributed by atoms with Gasteiger partial charge in [0.15, 0.2) is 10.9 Å². The minimum absolute atomic E-state index is 0.0483. The van der Waals surface area contributed by atoms with Crippen LogP contribution >= 0.6 is 22.7 Å². The topological polar surface area (TPSA) is 69.9 Å². The third kappa shape index (κ3) is 5.03. The number of thiophene rings is 1. The maximum atomic E-state index is 13.4. The molecule has 1 aromatic carbocycles. The fourth-order valence-corrected chi connectivity index (χ4v) is 6.04. The highest BCUT2D eigenvalue weighted by Crippen LogP contribution is 2.32. The maximum Gasteiger partial charge on any atom is 0.270 e. The lowest BCUT2D eigenvalue weighted by atomic mass is 10.2. The van der Waals surface area contributed by atoms with Crippen molar-refractivity contribution in [3.05, 3.63) is 58.1 Å². The molecule has 0 saturated carbocycles. The number of carbonyl (C=O) groups excluding carboxylic acids is 2. The van der Waals surface area contributed by atoms with Gasteiger partial charge in [-0.05, 0) is 49.4 Å². The number of carbonyl (C=O) groups is 2. The molecule has 1 saturated heterocycles. The van der Waals surface area contributed by atoms with Crippen molar-refractivity contribution in [2.45, 2.75) is 25.3 Å². The number of furan rings is 1. The van der Waals surface area contributed by atoms with E-state index in [1.165, 1.54) is 22.7 Å². The number of anilines is 1. The zero-order valence-corrected chi connectivity index (χ0v) is 21.5. The number of thiazole rings is 1. The van der Waals surface area contributed by atoms with Gasteiger partial charge in [-0.25, -0.2) is 4.98 Å². The number of nitrogens with zero attached hydrogens (tertiary/aromatic N) is 4. The number of aromatic nitrogens is 1. The van der Waals surface area contributed by atoms with Crippen molar-refractivity contribution in [1.29, 1.82) is 0 Å². The van der Waals surface area contributed by atoms with Gasteiger partial charge in [0, 0.05) is 38.0 Å². The standard InChI is InChI=1S/C26H28N4O3S2/c1-28(2)24(31)20-9-5-12-29(20)13-7-14-30(25(32)23-11-6-15-34-23)26-27-19(17-35-26)22-16-18-8-3-4-10-21(18)33-22/h3-4,6,8,10-11,15-17,20H,5,7,9,12-14H2,1-2H3. The first kappa shape index (κ1) is 23.7. The minimum Gasteiger partial charge on any atom is -0.454 e. The number of para-hydroxylation sites is 1. The Balaban J connectivity index is 1.33. The molecule has 4 heterocycles. The predicted octanol–water partition coefficient (Wildman–Crippen LogP) is 5.21. The highest BCUT2D eigenvalue weighted by atomic mass is 32.1. The van der Waals surface area contributed by atoms with Crippen LogP contribution in [0.15, 0.2) is 57.6 Å². The van der Waals surface area contributed by atoms with Crippen LogP contribution in [0.4, 0.5) is 5.13 Å². The van der Waals surface area contributed by atoms with Gasteiger partial charge in [0.1, 0.15) is 11.3 Å². The zero-order chi connectivity index (χ0) is 24.4. The quantitative estimate of drug-likeness (QED) is 0.327. The predicted molar refractivity (Wildman–Crippen MR) is 141 cm³/mol. The summed E-state index contributed by atoms with van der Waals surface area (Å²) in [6.45, 7) is 2.21. The molecule has 5 rings (SSSR count). The van der Waals surface area contributed by atoms with Crippen LogP contribution in [0.5, 0.6) is 0 Å². The fourth-order valence-electron chi connectivity index (χ4n) is 4.53. The molecule has 0 N–H and O–H groups in total. The second-order valence-electron chi connectivity index (χ2n) is 8.88. The van der Waals surface area contributed by atoms with E-state index in [0.29, 0.717) is 22.3 Å². The van der Waals surface area contributed by atoms with Gasteiger partial charge < -0.3 is 9.32 Å². The summed E-state index contributed by atoms with van der Waals surface area (Å²) in [7, 11) is 3.62. The molecule has 182 valence electrons. The Kier molecular flexibility index (Phi) is 6.99. The lowest BCUT2D eigenvalue weighted by Gasteiger charge is -2.27. The summed E-state index contributed by atoms with van der Waals surface area (Å²) in [6, 6.07) is 13.5. The molecule has 35 heavy (non-hydrogen) atoms. The second kappa shape index (κ2) is 10.3. The van der Waals surface area contributed by atoms with Gasteiger partial charge in [-0.1, -0.05) is 24.3 Å². The average molecular weight is 509 g/mol. The van der Waals surface area contributed by atoms with Gasteiger partial charge in [-0.15, -0.1) is 22.7 Å². The first-order valence-corrected chi connectivity index (χ1v) is 13.5. The van der Waals surface area contributed by atoms with Crippen LogP contribution in [-0.4, -0.2) is 66.4 Å². The van der Waals surface area contributed by atoms with Crippen molar-refractivity contribution in [3.63, 3.8) is 0 Å². The second-order valence-corrected chi connectivity index (χ2v) is 10.7. The highest BCUT2D eigenvalue weighted by Gasteiger charge is 2.31. The Hall–Kier alpha value is -3.01. The van der Waals surface area contributed by atoms with Crippen molar-refractivity contribution >= 4 is 50.6 Å². The van der Waals surface area contributed by atoms with Gasteiger partial charge in [0.2, 0.25) is 5.91 Å². The Morgan fingerprint density at radius 1 is 1.17 bits per heavy atom. The highest BCUT2D eigenvalue weighted by molar-refractivity contribution is 7.14. The Morgan fingerprint density at radius 3 is 2.80 bits per heavy atom. The summed E-state index contributed by atoms with van der Waals surface area (Å²) in [6.07, 6.45) is 2.67. The number of amides is 2. The molecule has 0 radical (unpaired) electrons. The third-order valence-corrected chi connectivity index (χ3v) is 8.02. The van der Waals surface area contributed by atoms with E-state index in [1.807, 2.05) is 67.3 Å². The van der Waals surface area contributed by atoms with Crippen molar-refractivity contribution < 1.29 is 14.0 Å². The van der Waals surface area contributed by atoms with Crippen LogP contribution in [0.2, 0.25) is 0 Å². The van der Waals surface area contributed by atoms with Crippen LogP contribution in [0.3, 0.4) is 0 Å². The van der Waals surface area contributed by atoms with Crippen molar-refractivity contribution in [1.82, 2.24) is 14.8 Å². The average Bonchev–Trinajstić information content (AvgIpc) is 3.67. The Bertz CT molecular complexity index is 1280. The number of benzene rings is 1. The van der Waals surface area contributed by atoms with E-state index < -0.39 is 0 Å². The van der Waals surface area contributed by atoms with Crippen molar-refractivity contribution in [2.75, 3.05) is 38.6 Å². The number of likely N-dealkylation sites (N-methyl/N-ethyl adjacent to an activating group) is 1. The largest absolute Gasteiger partial charge is 0.454 e. The lowest BCUT2D eigenvalue weighted by Crippen LogP contribution is -2.43. The van der Waals surface area contributed by atoms with E-state index in [4.69, 9.17) is 9.40 Å². The van der Waals surface area contributed by atoms with Crippen LogP contribution < -0.4 is 4.90 Å². The molecule has 3 aromatic heterocycles. The van der Waals surface area contributed by atoms with Gasteiger partial charge in [-0.2, -0.15) is 0 Å². The lowest BCUT2D eigenvalue weighted by molar-refractivity contribution is -0.133. The molecule has 1 atom stereocenters. The van der Waals surface area contributed by atoms with Gasteiger partial charge in [-0.3, -0.25) is 19.4 Å². The summed E-state index contributed by atoms with van der Waals surface area (Å²) in [5, 5.41) is 5.53. The summed E-state index contributed by atoms with van der Waals surface area (Å²) >= 11 is 2.88. The van der Waals surface area contributed by atoms with E-state index in [9.17, 15) is 9.59 Å². The molecule has 1 aliphatic rings. The monoisotopic (exact) mass is 508 g/mol. The van der Waals surface area contributed by atoms with Crippen LogP contribution in [0.1, 0.15) is 28.9 Å². The first-order chi connectivity index (χ1) is 17.0. The molecular weight excluding hydrogens is 480 g/mol. The SMILES string of the molecule is CN(C)C(=O)C1CCCN1CCCN(C(=O)c1cccs1)c1nc(-c2cc3ccccc3o2)cs1. The first-order valence-electron chi connectivity index (χ1n) is 11.8. The number of hydrogen-bond acceptors (Lipinski definition) is 7. The van der Waals surface area contributed by atoms with E-state index >= 15 is 0 Å². The molecule has 2 amide bonds. The number of hydrogen-bond donors (Lipinski definition) is 0. The van der Waals surface area contributed by atoms with Crippen LogP contribution in [0, 0.1) is 0 Å². The number of rotatable bonds is 8. The zero-order valence-electron chi connectivity index (χ0n) is 19.8. The van der Waals surface area contributed by atoms with E-state index in [0.717, 1.165) is 49.0 Å². The minimum atomic E-state index is -0.0639. The van der Waals surface area contributed by atoms with E-state index in [1.54, 1.807) is 9.80 Å². The molecule has 1 aliphatic heterocycles. The molecular formula is C26H28N4O3S2. The molecule has 1 fully saturated rings. The Labute approximate surface area is 212 Å². The molecule has 0 aliphatic carbocycles. The number of fused-ring (bicyclic) bond motifs is 1. The third-order valence-electron chi connectivity index (χ3n) is 6.29. The van der Waals surface area contributed by atoms with Gasteiger partial charge in [0.25, 0.3) is 5.91 Å². The van der Waals surface area contributed by atoms with Crippen molar-refractivity contribution in [2.24, 2.45) is 0 Å². The summed E-state index contributed by atoms with van der Waals surface area (Å²) in [5.74, 6) is 0.802. The van der Waals surface area contributed by atoms with Gasteiger partial charge >= 0.3 is 0 Å². The van der Waals surface area contributed by atoms with Crippen LogP contribution in [-0.2, 0) is 4.79 Å². The molecule has 7 nitrogen and oxygen atoms in total. The summed E-state index contributed by atoms with van der Waals surface area (Å²) < 4.78 is 5.98. The van der Waals surface area contributed by atoms with E-state index in [-0.39, 0.29) is 17.9 Å². The molecule has 0 bridgehead atoms. The fraction of sp³-hybridized carbons (Fsp3) is 0.346. The summed E-state index contributed by atoms with van der Waals surface area (Å²) in [4.78, 5) is 37.1. The van der Waals surface area contributed by atoms with Gasteiger partial charge in [0.05, 0.1) is 10.9 Å². The number of likely N-dealkylation sites (tertiary alicyclic amines) is 1. The normalized spacial score (nSPS) is 16.1. The maximum absolute atomic E-state index is 13.4.